The number of carbonyl (C=O) groups excluding carboxylic acids is 2. The highest BCUT2D eigenvalue weighted by Crippen LogP contribution is 2.36. The smallest absolute Gasteiger partial charge is 0.443 e. The zero-order valence-electron chi connectivity index (χ0n) is 25.9. The molecule has 0 unspecified atom stereocenters. The van der Waals surface area contributed by atoms with Gasteiger partial charge in [-0.05, 0) is 60.7 Å². The summed E-state index contributed by atoms with van der Waals surface area (Å²) in [7, 11) is -13.4. The van der Waals surface area contributed by atoms with Crippen molar-refractivity contribution in [3.8, 4) is 0 Å². The van der Waals surface area contributed by atoms with Gasteiger partial charge in [-0.1, -0.05) is 50.5 Å². The molecule has 0 spiro atoms. The van der Waals surface area contributed by atoms with E-state index in [0.717, 1.165) is 28.1 Å². The number of carbonyl (C=O) groups is 1. The highest BCUT2D eigenvalue weighted by Gasteiger charge is 2.46. The fourth-order valence-electron chi connectivity index (χ4n) is 3.91. The standard InChI is InChI=1S/C28H31N3O3.C2F6NO4S2/c1-2-3-4-5-7-25-8-6-17-31(21-25)18-19-34-28(33)30-27-15-11-24(12-16-27)20-23-9-13-26(14-10-23)29-22-32;3-1(4,5)14(10,11)9-15(12,13)2(6,7)8/h6,8-17,21H,2-5,7,18-20H2,1H3;/q;-1/p+1. The maximum absolute atomic E-state index is 12.2. The third kappa shape index (κ3) is 14.4. The summed E-state index contributed by atoms with van der Waals surface area (Å²) in [5.74, 6) is 0. The maximum Gasteiger partial charge on any atom is 0.480 e. The first-order chi connectivity index (χ1) is 22.9. The summed E-state index contributed by atoms with van der Waals surface area (Å²) in [6.45, 7) is 3.14. The van der Waals surface area contributed by atoms with Crippen LogP contribution in [0.1, 0.15) is 49.3 Å². The SMILES string of the molecule is CCCCCCc1ccc[n+](CCOC(=O)Nc2ccc(Cc3ccc(N=C=O)cc3)cc2)c1.O=S(=O)([N-]S(=O)(=O)C(F)(F)F)C(F)(F)F. The van der Waals surface area contributed by atoms with Crippen molar-refractivity contribution in [2.45, 2.75) is 63.0 Å². The third-order valence-electron chi connectivity index (χ3n) is 6.32. The van der Waals surface area contributed by atoms with Crippen LogP contribution in [0.3, 0.4) is 0 Å². The van der Waals surface area contributed by atoms with Crippen LogP contribution in [0.4, 0.5) is 42.5 Å². The first-order valence-corrected chi connectivity index (χ1v) is 17.3. The lowest BCUT2D eigenvalue weighted by Gasteiger charge is -2.22. The van der Waals surface area contributed by atoms with Gasteiger partial charge in [-0.25, -0.2) is 31.0 Å². The number of aryl methyl sites for hydroxylation is 1. The van der Waals surface area contributed by atoms with Gasteiger partial charge < -0.3 is 8.86 Å². The molecule has 2 aromatic carbocycles. The van der Waals surface area contributed by atoms with Crippen LogP contribution < -0.4 is 9.88 Å². The number of ether oxygens (including phenoxy) is 1. The molecule has 0 saturated carbocycles. The maximum atomic E-state index is 12.2. The minimum absolute atomic E-state index is 0.304. The van der Waals surface area contributed by atoms with E-state index in [1.165, 1.54) is 37.3 Å². The minimum atomic E-state index is -6.72. The van der Waals surface area contributed by atoms with Crippen molar-refractivity contribution in [1.29, 1.82) is 0 Å². The second kappa shape index (κ2) is 18.4. The number of aromatic nitrogens is 1. The van der Waals surface area contributed by atoms with Crippen LogP contribution in [-0.4, -0.2) is 46.6 Å². The largest absolute Gasteiger partial charge is 0.480 e. The van der Waals surface area contributed by atoms with E-state index in [9.17, 15) is 52.8 Å². The van der Waals surface area contributed by atoms with Crippen LogP contribution in [0.15, 0.2) is 78.0 Å². The lowest BCUT2D eigenvalue weighted by Crippen LogP contribution is -2.36. The van der Waals surface area contributed by atoms with E-state index in [0.29, 0.717) is 24.5 Å². The van der Waals surface area contributed by atoms with Crippen molar-refractivity contribution in [2.24, 2.45) is 4.99 Å². The summed E-state index contributed by atoms with van der Waals surface area (Å²) < 4.78 is 117. The molecular weight excluding hydrogens is 706 g/mol. The van der Waals surface area contributed by atoms with Gasteiger partial charge in [-0.3, -0.25) is 5.32 Å². The molecule has 19 heteroatoms. The molecule has 3 aromatic rings. The fraction of sp³-hybridized carbons (Fsp3) is 0.367. The number of benzene rings is 2. The minimum Gasteiger partial charge on any atom is -0.443 e. The number of nitrogens with zero attached hydrogens (tertiary/aromatic N) is 3. The fourth-order valence-corrected chi connectivity index (χ4v) is 5.62. The number of pyridine rings is 1. The van der Waals surface area contributed by atoms with Crippen LogP contribution in [0.25, 0.3) is 4.13 Å². The Morgan fingerprint density at radius 2 is 1.43 bits per heavy atom. The average molecular weight is 739 g/mol. The van der Waals surface area contributed by atoms with E-state index < -0.39 is 37.2 Å². The quantitative estimate of drug-likeness (QED) is 0.0617. The van der Waals surface area contributed by atoms with E-state index in [-0.39, 0.29) is 0 Å². The summed E-state index contributed by atoms with van der Waals surface area (Å²) in [5, 5.41) is 2.77. The second-order valence-corrected chi connectivity index (χ2v) is 13.6. The average Bonchev–Trinajstić information content (AvgIpc) is 3.00. The number of hydrogen-bond acceptors (Lipinski definition) is 8. The molecule has 1 N–H and O–H groups in total. The number of rotatable bonds is 14. The number of aliphatic imine (C=N–C) groups is 1. The molecule has 0 atom stereocenters. The van der Waals surface area contributed by atoms with Crippen molar-refractivity contribution < 1.29 is 62.1 Å². The summed E-state index contributed by atoms with van der Waals surface area (Å²) >= 11 is 0. The number of isocyanates is 1. The van der Waals surface area contributed by atoms with Crippen LogP contribution in [0, 0.1) is 0 Å². The van der Waals surface area contributed by atoms with E-state index in [1.807, 2.05) is 48.7 Å². The van der Waals surface area contributed by atoms with Gasteiger partial charge >= 0.3 is 17.1 Å². The van der Waals surface area contributed by atoms with Crippen LogP contribution in [0.5, 0.6) is 0 Å². The molecule has 0 saturated heterocycles. The number of sulfonamides is 2. The summed E-state index contributed by atoms with van der Waals surface area (Å²) in [4.78, 5) is 26.1. The van der Waals surface area contributed by atoms with Gasteiger partial charge in [0.2, 0.25) is 6.08 Å². The Morgan fingerprint density at radius 3 is 1.96 bits per heavy atom. The number of hydrogen-bond donors (Lipinski definition) is 1. The molecule has 1 heterocycles. The topological polar surface area (TPSA) is 154 Å². The predicted octanol–water partition coefficient (Wildman–Crippen LogP) is 6.96. The molecule has 0 aliphatic carbocycles. The van der Waals surface area contributed by atoms with Crippen molar-refractivity contribution in [3.05, 3.63) is 93.9 Å². The van der Waals surface area contributed by atoms with Gasteiger partial charge in [0.05, 0.1) is 5.69 Å². The monoisotopic (exact) mass is 738 g/mol. The molecule has 1 amide bonds. The Hall–Kier alpha value is -4.32. The first kappa shape index (κ1) is 40.9. The Balaban J connectivity index is 0.000000469. The van der Waals surface area contributed by atoms with E-state index >= 15 is 0 Å². The molecule has 0 aliphatic heterocycles. The Bertz CT molecular complexity index is 1740. The van der Waals surface area contributed by atoms with Crippen molar-refractivity contribution in [1.82, 2.24) is 0 Å². The Kier molecular flexibility index (Phi) is 15.4. The van der Waals surface area contributed by atoms with Gasteiger partial charge in [-0.15, -0.1) is 0 Å². The van der Waals surface area contributed by atoms with Crippen molar-refractivity contribution in [2.75, 3.05) is 11.9 Å². The summed E-state index contributed by atoms with van der Waals surface area (Å²) in [6, 6.07) is 19.3. The van der Waals surface area contributed by atoms with E-state index in [4.69, 9.17) is 4.74 Å². The van der Waals surface area contributed by atoms with Gasteiger partial charge in [-0.2, -0.15) is 31.3 Å². The first-order valence-electron chi connectivity index (χ1n) is 14.4. The van der Waals surface area contributed by atoms with Crippen molar-refractivity contribution >= 4 is 43.6 Å². The number of nitrogens with one attached hydrogen (secondary N) is 1. The molecule has 1 aromatic heterocycles. The molecule has 49 heavy (non-hydrogen) atoms. The number of alkyl halides is 6. The highest BCUT2D eigenvalue weighted by molar-refractivity contribution is 8.13. The predicted molar refractivity (Wildman–Crippen MR) is 166 cm³/mol. The molecular formula is C30H32F6N4O7S2. The molecule has 0 fully saturated rings. The number of anilines is 1. The van der Waals surface area contributed by atoms with E-state index in [1.54, 1.807) is 12.1 Å². The third-order valence-corrected chi connectivity index (χ3v) is 9.06. The Morgan fingerprint density at radius 1 is 0.857 bits per heavy atom. The summed E-state index contributed by atoms with van der Waals surface area (Å²) in [6.07, 6.45) is 12.0. The van der Waals surface area contributed by atoms with Gasteiger partial charge in [0.1, 0.15) is 0 Å². The highest BCUT2D eigenvalue weighted by atomic mass is 32.3. The molecule has 3 rings (SSSR count). The van der Waals surface area contributed by atoms with Gasteiger partial charge in [0.15, 0.2) is 45.6 Å². The lowest BCUT2D eigenvalue weighted by atomic mass is 10.0. The van der Waals surface area contributed by atoms with Gasteiger partial charge in [0, 0.05) is 17.3 Å². The molecule has 0 radical (unpaired) electrons. The zero-order valence-corrected chi connectivity index (χ0v) is 27.5. The second-order valence-electron chi connectivity index (χ2n) is 10.2. The van der Waals surface area contributed by atoms with Gasteiger partial charge in [0.25, 0.3) is 0 Å². The molecule has 0 bridgehead atoms. The van der Waals surface area contributed by atoms with E-state index in [2.05, 4.69) is 34.1 Å². The van der Waals surface area contributed by atoms with Crippen molar-refractivity contribution in [3.63, 3.8) is 0 Å². The zero-order chi connectivity index (χ0) is 36.7. The number of halogens is 6. The normalized spacial score (nSPS) is 11.9. The molecule has 0 aliphatic rings. The lowest BCUT2D eigenvalue weighted by molar-refractivity contribution is -0.698. The molecule has 268 valence electrons. The molecule has 11 nitrogen and oxygen atoms in total. The number of amides is 1. The van der Waals surface area contributed by atoms with Crippen LogP contribution in [-0.2, 0) is 49.0 Å². The Labute approximate surface area is 279 Å². The van der Waals surface area contributed by atoms with Crippen LogP contribution >= 0.6 is 0 Å². The van der Waals surface area contributed by atoms with Crippen LogP contribution in [0.2, 0.25) is 0 Å². The summed E-state index contributed by atoms with van der Waals surface area (Å²) in [5.41, 5.74) is -7.61. The number of unbranched alkanes of at least 4 members (excludes halogenated alkanes) is 3.